The number of amides is 3. The number of methoxy groups -OCH3 is 1. The fourth-order valence-corrected chi connectivity index (χ4v) is 5.28. The highest BCUT2D eigenvalue weighted by Crippen LogP contribution is 2.33. The summed E-state index contributed by atoms with van der Waals surface area (Å²) in [5, 5.41) is 3.00. The molecule has 2 aromatic rings. The first kappa shape index (κ1) is 28.2. The minimum atomic E-state index is -0.675. The van der Waals surface area contributed by atoms with E-state index < -0.39 is 12.0 Å². The van der Waals surface area contributed by atoms with Crippen LogP contribution >= 0.6 is 0 Å². The summed E-state index contributed by atoms with van der Waals surface area (Å²) < 4.78 is 10.9. The van der Waals surface area contributed by atoms with Crippen molar-refractivity contribution in [3.05, 3.63) is 76.5 Å². The number of esters is 1. The molecule has 2 heterocycles. The van der Waals surface area contributed by atoms with Crippen LogP contribution < -0.4 is 10.1 Å². The average Bonchev–Trinajstić information content (AvgIpc) is 2.93. The molecule has 0 bridgehead atoms. The van der Waals surface area contributed by atoms with Crippen molar-refractivity contribution in [2.24, 2.45) is 0 Å². The second-order valence-corrected chi connectivity index (χ2v) is 9.93. The van der Waals surface area contributed by atoms with Crippen LogP contribution in [0.4, 0.5) is 4.79 Å². The Kier molecular flexibility index (Phi) is 8.91. The molecule has 9 heteroatoms. The monoisotopic (exact) mass is 534 g/mol. The number of hydrogen-bond donors (Lipinski definition) is 1. The molecule has 2 aliphatic heterocycles. The van der Waals surface area contributed by atoms with Crippen LogP contribution in [0.25, 0.3) is 0 Å². The first-order chi connectivity index (χ1) is 18.8. The second kappa shape index (κ2) is 12.3. The molecule has 2 unspecified atom stereocenters. The van der Waals surface area contributed by atoms with E-state index in [-0.39, 0.29) is 24.6 Å². The minimum Gasteiger partial charge on any atom is -0.497 e. The van der Waals surface area contributed by atoms with E-state index in [9.17, 15) is 14.4 Å². The third-order valence-electron chi connectivity index (χ3n) is 7.32. The number of aryl methyl sites for hydroxylation is 1. The van der Waals surface area contributed by atoms with Crippen molar-refractivity contribution in [1.29, 1.82) is 0 Å². The van der Waals surface area contributed by atoms with Crippen molar-refractivity contribution in [2.75, 3.05) is 46.4 Å². The Balaban J connectivity index is 1.63. The predicted molar refractivity (Wildman–Crippen MR) is 148 cm³/mol. The maximum absolute atomic E-state index is 13.4. The summed E-state index contributed by atoms with van der Waals surface area (Å²) in [6, 6.07) is 14.0. The fourth-order valence-electron chi connectivity index (χ4n) is 5.28. The molecule has 39 heavy (non-hydrogen) atoms. The van der Waals surface area contributed by atoms with E-state index in [1.54, 1.807) is 18.9 Å². The van der Waals surface area contributed by atoms with Gasteiger partial charge < -0.3 is 19.7 Å². The summed E-state index contributed by atoms with van der Waals surface area (Å²) in [6.45, 7) is 10.5. The summed E-state index contributed by atoms with van der Waals surface area (Å²) in [4.78, 5) is 45.5. The van der Waals surface area contributed by atoms with Crippen LogP contribution in [0.2, 0.25) is 0 Å². The molecule has 0 spiro atoms. The lowest BCUT2D eigenvalue weighted by molar-refractivity contribution is -0.139. The number of carbonyl (C=O) groups excluding carboxylic acids is 3. The third-order valence-corrected chi connectivity index (χ3v) is 7.32. The zero-order chi connectivity index (χ0) is 28.1. The summed E-state index contributed by atoms with van der Waals surface area (Å²) in [7, 11) is 1.58. The van der Waals surface area contributed by atoms with Gasteiger partial charge in [0.1, 0.15) is 5.75 Å². The minimum absolute atomic E-state index is 0.0129. The van der Waals surface area contributed by atoms with Crippen molar-refractivity contribution in [2.45, 2.75) is 39.8 Å². The SMILES string of the molecule is CCOC(=O)C1=C(CN2CCN(C(=O)c3ccc(C)cc3)C(C)C2)N(CC)C(=O)NC1c1cccc(OC)c1. The number of benzene rings is 2. The standard InChI is InChI=1S/C30H38N4O5/c1-6-33-25(19-32-15-16-34(21(4)18-32)28(35)22-13-11-20(3)12-14-22)26(29(36)39-7-2)27(31-30(33)37)23-9-8-10-24(17-23)38-5/h8-14,17,21,27H,6-7,15-16,18-19H2,1-5H3,(H,31,37). The lowest BCUT2D eigenvalue weighted by Crippen LogP contribution is -2.56. The molecular weight excluding hydrogens is 496 g/mol. The zero-order valence-corrected chi connectivity index (χ0v) is 23.4. The lowest BCUT2D eigenvalue weighted by atomic mass is 9.93. The van der Waals surface area contributed by atoms with Gasteiger partial charge in [-0.05, 0) is 57.5 Å². The molecule has 0 aromatic heterocycles. The quantitative estimate of drug-likeness (QED) is 0.519. The Labute approximate surface area is 230 Å². The predicted octanol–water partition coefficient (Wildman–Crippen LogP) is 3.75. The van der Waals surface area contributed by atoms with Crippen molar-refractivity contribution in [3.63, 3.8) is 0 Å². The summed E-state index contributed by atoms with van der Waals surface area (Å²) in [5.74, 6) is 0.187. The van der Waals surface area contributed by atoms with Crippen LogP contribution in [-0.4, -0.2) is 85.1 Å². The number of urea groups is 1. The van der Waals surface area contributed by atoms with Crippen molar-refractivity contribution >= 4 is 17.9 Å². The van der Waals surface area contributed by atoms with Gasteiger partial charge in [-0.15, -0.1) is 0 Å². The molecule has 1 fully saturated rings. The van der Waals surface area contributed by atoms with Gasteiger partial charge in [0, 0.05) is 50.0 Å². The van der Waals surface area contributed by atoms with Crippen LogP contribution in [0.5, 0.6) is 5.75 Å². The number of likely N-dealkylation sites (N-methyl/N-ethyl adjacent to an activating group) is 1. The number of carbonyl (C=O) groups is 3. The van der Waals surface area contributed by atoms with E-state index in [0.717, 1.165) is 11.1 Å². The molecule has 2 atom stereocenters. The van der Waals surface area contributed by atoms with E-state index in [1.165, 1.54) is 0 Å². The molecule has 0 aliphatic carbocycles. The van der Waals surface area contributed by atoms with Crippen LogP contribution in [-0.2, 0) is 9.53 Å². The van der Waals surface area contributed by atoms with Gasteiger partial charge >= 0.3 is 12.0 Å². The smallest absolute Gasteiger partial charge is 0.338 e. The Morgan fingerprint density at radius 3 is 2.46 bits per heavy atom. The first-order valence-corrected chi connectivity index (χ1v) is 13.5. The fraction of sp³-hybridized carbons (Fsp3) is 0.433. The Morgan fingerprint density at radius 2 is 1.82 bits per heavy atom. The summed E-state index contributed by atoms with van der Waals surface area (Å²) in [5.41, 5.74) is 3.56. The average molecular weight is 535 g/mol. The maximum Gasteiger partial charge on any atom is 0.338 e. The number of nitrogens with zero attached hydrogens (tertiary/aromatic N) is 3. The number of ether oxygens (including phenoxy) is 2. The van der Waals surface area contributed by atoms with Gasteiger partial charge in [0.25, 0.3) is 5.91 Å². The highest BCUT2D eigenvalue weighted by molar-refractivity contribution is 5.95. The molecule has 4 rings (SSSR count). The van der Waals surface area contributed by atoms with Crippen LogP contribution in [0.15, 0.2) is 59.8 Å². The molecule has 1 N–H and O–H groups in total. The van der Waals surface area contributed by atoms with E-state index in [0.29, 0.717) is 55.3 Å². The molecule has 2 aromatic carbocycles. The Bertz CT molecular complexity index is 1240. The van der Waals surface area contributed by atoms with Crippen LogP contribution in [0.1, 0.15) is 48.3 Å². The van der Waals surface area contributed by atoms with Crippen molar-refractivity contribution < 1.29 is 23.9 Å². The molecule has 0 radical (unpaired) electrons. The van der Waals surface area contributed by atoms with Crippen LogP contribution in [0, 0.1) is 6.92 Å². The van der Waals surface area contributed by atoms with Gasteiger partial charge in [-0.3, -0.25) is 14.6 Å². The number of piperazine rings is 1. The number of rotatable bonds is 8. The largest absolute Gasteiger partial charge is 0.497 e. The van der Waals surface area contributed by atoms with Gasteiger partial charge in [0.2, 0.25) is 0 Å². The molecule has 1 saturated heterocycles. The van der Waals surface area contributed by atoms with Gasteiger partial charge in [0.05, 0.1) is 25.3 Å². The topological polar surface area (TPSA) is 91.4 Å². The van der Waals surface area contributed by atoms with Gasteiger partial charge in [0.15, 0.2) is 0 Å². The molecule has 0 saturated carbocycles. The summed E-state index contributed by atoms with van der Waals surface area (Å²) in [6.07, 6.45) is 0. The van der Waals surface area contributed by atoms with Gasteiger partial charge in [-0.25, -0.2) is 9.59 Å². The molecule has 3 amide bonds. The zero-order valence-electron chi connectivity index (χ0n) is 23.4. The van der Waals surface area contributed by atoms with Gasteiger partial charge in [-0.2, -0.15) is 0 Å². The van der Waals surface area contributed by atoms with E-state index in [1.807, 2.05) is 74.2 Å². The van der Waals surface area contributed by atoms with E-state index >= 15 is 0 Å². The van der Waals surface area contributed by atoms with Crippen LogP contribution in [0.3, 0.4) is 0 Å². The maximum atomic E-state index is 13.4. The Hall–Kier alpha value is -3.85. The normalized spacial score (nSPS) is 20.1. The molecule has 9 nitrogen and oxygen atoms in total. The van der Waals surface area contributed by atoms with Crippen molar-refractivity contribution in [3.8, 4) is 5.75 Å². The van der Waals surface area contributed by atoms with Gasteiger partial charge in [-0.1, -0.05) is 29.8 Å². The second-order valence-electron chi connectivity index (χ2n) is 9.93. The number of hydrogen-bond acceptors (Lipinski definition) is 6. The van der Waals surface area contributed by atoms with Crippen molar-refractivity contribution in [1.82, 2.24) is 20.0 Å². The highest BCUT2D eigenvalue weighted by atomic mass is 16.5. The number of nitrogens with one attached hydrogen (secondary N) is 1. The summed E-state index contributed by atoms with van der Waals surface area (Å²) >= 11 is 0. The van der Waals surface area contributed by atoms with E-state index in [2.05, 4.69) is 10.2 Å². The lowest BCUT2D eigenvalue weighted by Gasteiger charge is -2.43. The molecule has 2 aliphatic rings. The van der Waals surface area contributed by atoms with E-state index in [4.69, 9.17) is 9.47 Å². The third kappa shape index (κ3) is 6.09. The Morgan fingerprint density at radius 1 is 1.08 bits per heavy atom. The molecular formula is C30H38N4O5. The molecule has 208 valence electrons. The first-order valence-electron chi connectivity index (χ1n) is 13.5. The highest BCUT2D eigenvalue weighted by Gasteiger charge is 2.39.